The second-order valence-electron chi connectivity index (χ2n) is 3.52. The average Bonchev–Trinajstić information content (AvgIpc) is 2.67. The van der Waals surface area contributed by atoms with Crippen LogP contribution in [0.3, 0.4) is 0 Å². The molecule has 0 saturated carbocycles. The van der Waals surface area contributed by atoms with Gasteiger partial charge in [-0.25, -0.2) is 4.31 Å². The predicted molar refractivity (Wildman–Crippen MR) is 57.0 cm³/mol. The third-order valence-corrected chi connectivity index (χ3v) is 3.60. The van der Waals surface area contributed by atoms with Crippen molar-refractivity contribution in [3.8, 4) is 0 Å². The topological polar surface area (TPSA) is 43.4 Å². The summed E-state index contributed by atoms with van der Waals surface area (Å²) in [6.45, 7) is 0.818. The molecule has 1 heterocycles. The van der Waals surface area contributed by atoms with E-state index in [-0.39, 0.29) is 51.4 Å². The minimum atomic E-state index is -0.962. The van der Waals surface area contributed by atoms with Gasteiger partial charge in [0.2, 0.25) is 0 Å². The number of hydrogen-bond acceptors (Lipinski definition) is 4. The zero-order valence-corrected chi connectivity index (χ0v) is 13.2. The van der Waals surface area contributed by atoms with E-state index in [9.17, 15) is 9.90 Å². The van der Waals surface area contributed by atoms with Crippen molar-refractivity contribution in [2.24, 2.45) is 0 Å². The molecule has 0 bridgehead atoms. The van der Waals surface area contributed by atoms with Crippen molar-refractivity contribution in [2.75, 3.05) is 6.54 Å². The van der Waals surface area contributed by atoms with E-state index in [2.05, 4.69) is 0 Å². The van der Waals surface area contributed by atoms with Crippen LogP contribution in [0.25, 0.3) is 0 Å². The SMILES string of the molecule is O=C([O-])[C@@H]1CCCN1Sc1ccccc1.[K+]. The van der Waals surface area contributed by atoms with E-state index in [1.807, 2.05) is 34.6 Å². The summed E-state index contributed by atoms with van der Waals surface area (Å²) in [7, 11) is 0. The van der Waals surface area contributed by atoms with Gasteiger partial charge in [0, 0.05) is 11.4 Å². The standard InChI is InChI=1S/C11H13NO2S.K/c13-11(14)10-7-4-8-12(10)15-9-5-2-1-3-6-9;/h1-3,5-6,10H,4,7-8H2,(H,13,14);/q;+1/p-1/t10-;/m0./s1. The maximum atomic E-state index is 10.8. The Bertz CT molecular complexity index is 347. The van der Waals surface area contributed by atoms with E-state index < -0.39 is 12.0 Å². The molecule has 5 heteroatoms. The van der Waals surface area contributed by atoms with Gasteiger partial charge in [-0.1, -0.05) is 18.2 Å². The van der Waals surface area contributed by atoms with Gasteiger partial charge in [-0.3, -0.25) is 0 Å². The Morgan fingerprint density at radius 2 is 2.06 bits per heavy atom. The molecule has 16 heavy (non-hydrogen) atoms. The van der Waals surface area contributed by atoms with Crippen LogP contribution in [-0.4, -0.2) is 22.9 Å². The Morgan fingerprint density at radius 1 is 1.38 bits per heavy atom. The van der Waals surface area contributed by atoms with Gasteiger partial charge in [-0.15, -0.1) is 0 Å². The fourth-order valence-corrected chi connectivity index (χ4v) is 2.79. The molecule has 0 amide bonds. The average molecular weight is 261 g/mol. The number of carboxylic acid groups (broad SMARTS) is 1. The van der Waals surface area contributed by atoms with Crippen molar-refractivity contribution >= 4 is 17.9 Å². The summed E-state index contributed by atoms with van der Waals surface area (Å²) < 4.78 is 1.89. The third kappa shape index (κ3) is 3.84. The van der Waals surface area contributed by atoms with Crippen molar-refractivity contribution in [3.05, 3.63) is 30.3 Å². The van der Waals surface area contributed by atoms with E-state index in [4.69, 9.17) is 0 Å². The van der Waals surface area contributed by atoms with E-state index >= 15 is 0 Å². The first kappa shape index (κ1) is 14.7. The maximum Gasteiger partial charge on any atom is 1.00 e. The summed E-state index contributed by atoms with van der Waals surface area (Å²) in [5, 5.41) is 10.8. The Labute approximate surface area is 142 Å². The Morgan fingerprint density at radius 3 is 2.69 bits per heavy atom. The van der Waals surface area contributed by atoms with Crippen molar-refractivity contribution in [1.29, 1.82) is 0 Å². The molecule has 0 aromatic heterocycles. The molecule has 1 fully saturated rings. The van der Waals surface area contributed by atoms with Crippen LogP contribution in [0.1, 0.15) is 12.8 Å². The van der Waals surface area contributed by atoms with Crippen LogP contribution in [0.2, 0.25) is 0 Å². The largest absolute Gasteiger partial charge is 1.00 e. The minimum Gasteiger partial charge on any atom is -0.548 e. The predicted octanol–water partition coefficient (Wildman–Crippen LogP) is -2.09. The zero-order valence-electron chi connectivity index (χ0n) is 9.26. The molecular formula is C11H12KNO2S. The maximum absolute atomic E-state index is 10.8. The molecule has 0 aliphatic carbocycles. The van der Waals surface area contributed by atoms with Gasteiger partial charge in [-0.2, -0.15) is 0 Å². The summed E-state index contributed by atoms with van der Waals surface area (Å²) in [6.07, 6.45) is 1.63. The quantitative estimate of drug-likeness (QED) is 0.462. The first-order chi connectivity index (χ1) is 7.27. The van der Waals surface area contributed by atoms with Crippen LogP contribution >= 0.6 is 11.9 Å². The number of nitrogens with zero attached hydrogens (tertiary/aromatic N) is 1. The number of carboxylic acids is 1. The molecule has 3 nitrogen and oxygen atoms in total. The summed E-state index contributed by atoms with van der Waals surface area (Å²) >= 11 is 1.50. The zero-order chi connectivity index (χ0) is 10.7. The second-order valence-corrected chi connectivity index (χ2v) is 4.65. The molecular weight excluding hydrogens is 249 g/mol. The molecule has 0 spiro atoms. The normalized spacial score (nSPS) is 20.4. The number of aliphatic carboxylic acids is 1. The van der Waals surface area contributed by atoms with Crippen LogP contribution in [0, 0.1) is 0 Å². The molecule has 1 atom stereocenters. The molecule has 80 valence electrons. The van der Waals surface area contributed by atoms with Gasteiger partial charge in [0.1, 0.15) is 0 Å². The second kappa shape index (κ2) is 7.16. The van der Waals surface area contributed by atoms with Gasteiger partial charge >= 0.3 is 51.4 Å². The van der Waals surface area contributed by atoms with Gasteiger partial charge in [0.25, 0.3) is 0 Å². The summed E-state index contributed by atoms with van der Waals surface area (Å²) in [6, 6.07) is 9.38. The van der Waals surface area contributed by atoms with E-state index in [0.29, 0.717) is 6.42 Å². The van der Waals surface area contributed by atoms with Crippen LogP contribution in [0.15, 0.2) is 35.2 Å². The van der Waals surface area contributed by atoms with Gasteiger partial charge < -0.3 is 9.90 Å². The van der Waals surface area contributed by atoms with E-state index in [0.717, 1.165) is 17.9 Å². The molecule has 1 aromatic carbocycles. The summed E-state index contributed by atoms with van der Waals surface area (Å²) in [5.74, 6) is -0.962. The molecule has 0 radical (unpaired) electrons. The van der Waals surface area contributed by atoms with Crippen LogP contribution in [-0.2, 0) is 4.79 Å². The number of rotatable bonds is 3. The minimum absolute atomic E-state index is 0. The molecule has 1 aliphatic heterocycles. The fraction of sp³-hybridized carbons (Fsp3) is 0.364. The van der Waals surface area contributed by atoms with Crippen molar-refractivity contribution in [1.82, 2.24) is 4.31 Å². The third-order valence-electron chi connectivity index (χ3n) is 2.44. The van der Waals surface area contributed by atoms with Crippen molar-refractivity contribution in [2.45, 2.75) is 23.8 Å². The van der Waals surface area contributed by atoms with Gasteiger partial charge in [0.05, 0.1) is 12.0 Å². The monoisotopic (exact) mass is 261 g/mol. The smallest absolute Gasteiger partial charge is 0.548 e. The molecule has 1 aromatic rings. The first-order valence-corrected chi connectivity index (χ1v) is 5.75. The Balaban J connectivity index is 0.00000128. The Kier molecular flexibility index (Phi) is 6.57. The number of carbonyl (C=O) groups is 1. The van der Waals surface area contributed by atoms with Crippen LogP contribution in [0.4, 0.5) is 0 Å². The number of hydrogen-bond donors (Lipinski definition) is 0. The van der Waals surface area contributed by atoms with Gasteiger partial charge in [-0.05, 0) is 36.9 Å². The molecule has 0 unspecified atom stereocenters. The summed E-state index contributed by atoms with van der Waals surface area (Å²) in [5.41, 5.74) is 0. The fourth-order valence-electron chi connectivity index (χ4n) is 1.70. The Hall–Kier alpha value is 0.636. The molecule has 1 saturated heterocycles. The van der Waals surface area contributed by atoms with Crippen molar-refractivity contribution < 1.29 is 61.3 Å². The first-order valence-electron chi connectivity index (χ1n) is 4.98. The van der Waals surface area contributed by atoms with E-state index in [1.165, 1.54) is 11.9 Å². The number of benzene rings is 1. The number of carbonyl (C=O) groups excluding carboxylic acids is 1. The van der Waals surface area contributed by atoms with Gasteiger partial charge in [0.15, 0.2) is 0 Å². The van der Waals surface area contributed by atoms with Crippen LogP contribution < -0.4 is 56.5 Å². The summed E-state index contributed by atoms with van der Waals surface area (Å²) in [4.78, 5) is 11.9. The van der Waals surface area contributed by atoms with Crippen LogP contribution in [0.5, 0.6) is 0 Å². The van der Waals surface area contributed by atoms with Crippen molar-refractivity contribution in [3.63, 3.8) is 0 Å². The molecule has 2 rings (SSSR count). The van der Waals surface area contributed by atoms with E-state index in [1.54, 1.807) is 0 Å². The molecule has 0 N–H and O–H groups in total. The molecule has 1 aliphatic rings.